The molecule has 0 spiro atoms. The van der Waals surface area contributed by atoms with Crippen LogP contribution in [0.4, 0.5) is 0 Å². The first-order valence-electron chi connectivity index (χ1n) is 12.7. The summed E-state index contributed by atoms with van der Waals surface area (Å²) >= 11 is 0. The molecule has 172 valence electrons. The van der Waals surface area contributed by atoms with Crippen LogP contribution in [-0.4, -0.2) is 4.98 Å². The number of aromatic nitrogens is 1. The van der Waals surface area contributed by atoms with Gasteiger partial charge in [0.05, 0.1) is 11.4 Å². The number of hydrogen-bond donors (Lipinski definition) is 0. The zero-order valence-corrected chi connectivity index (χ0v) is 21.0. The van der Waals surface area contributed by atoms with Crippen LogP contribution in [0.2, 0.25) is 0 Å². The number of pyridine rings is 1. The van der Waals surface area contributed by atoms with Crippen molar-refractivity contribution in [3.63, 3.8) is 0 Å². The standard InChI is InChI=1S/C34H31N/c1-21(2)15-24-11-14-29-27(18-24)20-33(25-12-9-22(3)10-13-25)35-34(29)32-17-23(4)16-30-28-8-6-5-7-26(28)19-31(30)32/h5-14,16-18,20-21H,15,19H2,1-4H3. The minimum Gasteiger partial charge on any atom is -0.247 e. The highest BCUT2D eigenvalue weighted by Gasteiger charge is 2.24. The molecule has 0 saturated heterocycles. The maximum Gasteiger partial charge on any atom is 0.0791 e. The van der Waals surface area contributed by atoms with Gasteiger partial charge in [0.1, 0.15) is 0 Å². The quantitative estimate of drug-likeness (QED) is 0.259. The number of nitrogens with zero attached hydrogens (tertiary/aromatic N) is 1. The van der Waals surface area contributed by atoms with Gasteiger partial charge in [0, 0.05) is 16.5 Å². The van der Waals surface area contributed by atoms with Crippen molar-refractivity contribution in [3.05, 3.63) is 113 Å². The molecule has 0 aliphatic heterocycles. The lowest BCUT2D eigenvalue weighted by molar-refractivity contribution is 0.648. The molecule has 0 fully saturated rings. The molecule has 1 aliphatic carbocycles. The average molecular weight is 454 g/mol. The molecule has 1 heterocycles. The zero-order valence-electron chi connectivity index (χ0n) is 21.0. The summed E-state index contributed by atoms with van der Waals surface area (Å²) < 4.78 is 0. The van der Waals surface area contributed by atoms with E-state index in [9.17, 15) is 0 Å². The minimum absolute atomic E-state index is 0.629. The molecule has 1 heteroatoms. The molecule has 6 rings (SSSR count). The fourth-order valence-electron chi connectivity index (χ4n) is 5.57. The average Bonchev–Trinajstić information content (AvgIpc) is 3.21. The smallest absolute Gasteiger partial charge is 0.0791 e. The molecule has 0 unspecified atom stereocenters. The fourth-order valence-corrected chi connectivity index (χ4v) is 5.57. The maximum absolute atomic E-state index is 5.34. The Morgan fingerprint density at radius 3 is 2.31 bits per heavy atom. The van der Waals surface area contributed by atoms with Crippen molar-refractivity contribution in [1.29, 1.82) is 0 Å². The van der Waals surface area contributed by atoms with Gasteiger partial charge in [-0.05, 0) is 83.5 Å². The van der Waals surface area contributed by atoms with Crippen molar-refractivity contribution < 1.29 is 0 Å². The summed E-state index contributed by atoms with van der Waals surface area (Å²) in [5.74, 6) is 0.629. The third-order valence-corrected chi connectivity index (χ3v) is 7.21. The van der Waals surface area contributed by atoms with Crippen molar-refractivity contribution in [2.75, 3.05) is 0 Å². The van der Waals surface area contributed by atoms with Crippen molar-refractivity contribution in [1.82, 2.24) is 4.98 Å². The first kappa shape index (κ1) is 21.8. The van der Waals surface area contributed by atoms with Gasteiger partial charge in [0.2, 0.25) is 0 Å². The van der Waals surface area contributed by atoms with Gasteiger partial charge in [0.25, 0.3) is 0 Å². The number of benzene rings is 4. The Balaban J connectivity index is 1.62. The van der Waals surface area contributed by atoms with Gasteiger partial charge in [-0.15, -0.1) is 0 Å². The Bertz CT molecular complexity index is 1570. The maximum atomic E-state index is 5.34. The van der Waals surface area contributed by atoms with Gasteiger partial charge in [0.15, 0.2) is 0 Å². The van der Waals surface area contributed by atoms with E-state index < -0.39 is 0 Å². The van der Waals surface area contributed by atoms with Crippen LogP contribution in [0.3, 0.4) is 0 Å². The molecule has 0 bridgehead atoms. The van der Waals surface area contributed by atoms with Crippen LogP contribution in [0.25, 0.3) is 44.4 Å². The molecular weight excluding hydrogens is 422 g/mol. The second-order valence-corrected chi connectivity index (χ2v) is 10.5. The van der Waals surface area contributed by atoms with Crippen molar-refractivity contribution >= 4 is 10.8 Å². The molecule has 0 atom stereocenters. The minimum atomic E-state index is 0.629. The lowest BCUT2D eigenvalue weighted by atomic mass is 9.92. The first-order chi connectivity index (χ1) is 17.0. The fraction of sp³-hybridized carbons (Fsp3) is 0.206. The van der Waals surface area contributed by atoms with E-state index in [1.165, 1.54) is 60.8 Å². The monoisotopic (exact) mass is 453 g/mol. The topological polar surface area (TPSA) is 12.9 Å². The Hall–Kier alpha value is -3.71. The Morgan fingerprint density at radius 2 is 1.51 bits per heavy atom. The summed E-state index contributed by atoms with van der Waals surface area (Å²) in [5.41, 5.74) is 14.1. The van der Waals surface area contributed by atoms with Gasteiger partial charge >= 0.3 is 0 Å². The molecule has 4 aromatic carbocycles. The highest BCUT2D eigenvalue weighted by molar-refractivity contribution is 5.99. The third-order valence-electron chi connectivity index (χ3n) is 7.21. The van der Waals surface area contributed by atoms with Gasteiger partial charge in [-0.1, -0.05) is 92.2 Å². The van der Waals surface area contributed by atoms with E-state index in [4.69, 9.17) is 4.98 Å². The van der Waals surface area contributed by atoms with E-state index in [-0.39, 0.29) is 0 Å². The molecule has 1 nitrogen and oxygen atoms in total. The van der Waals surface area contributed by atoms with Gasteiger partial charge < -0.3 is 0 Å². The molecular formula is C34H31N. The zero-order chi connectivity index (χ0) is 24.1. The number of fused-ring (bicyclic) bond motifs is 4. The van der Waals surface area contributed by atoms with Crippen molar-refractivity contribution in [2.24, 2.45) is 5.92 Å². The summed E-state index contributed by atoms with van der Waals surface area (Å²) in [4.78, 5) is 5.34. The Morgan fingerprint density at radius 1 is 0.743 bits per heavy atom. The SMILES string of the molecule is Cc1ccc(-c2cc3cc(CC(C)C)ccc3c(-c3cc(C)cc4c3Cc3ccccc3-4)n2)cc1. The van der Waals surface area contributed by atoms with Gasteiger partial charge in [-0.25, -0.2) is 4.98 Å². The number of aryl methyl sites for hydroxylation is 2. The highest BCUT2D eigenvalue weighted by Crippen LogP contribution is 2.44. The predicted octanol–water partition coefficient (Wildman–Crippen LogP) is 8.96. The van der Waals surface area contributed by atoms with Crippen LogP contribution >= 0.6 is 0 Å². The lowest BCUT2D eigenvalue weighted by Crippen LogP contribution is -1.98. The summed E-state index contributed by atoms with van der Waals surface area (Å²) in [6, 6.07) is 31.5. The van der Waals surface area contributed by atoms with E-state index in [2.05, 4.69) is 113 Å². The summed E-state index contributed by atoms with van der Waals surface area (Å²) in [7, 11) is 0. The number of hydrogen-bond acceptors (Lipinski definition) is 1. The van der Waals surface area contributed by atoms with Crippen LogP contribution in [0.15, 0.2) is 84.9 Å². The van der Waals surface area contributed by atoms with Crippen LogP contribution < -0.4 is 0 Å². The van der Waals surface area contributed by atoms with Crippen LogP contribution in [0, 0.1) is 19.8 Å². The normalized spacial score (nSPS) is 12.3. The van der Waals surface area contributed by atoms with Gasteiger partial charge in [-0.3, -0.25) is 0 Å². The predicted molar refractivity (Wildman–Crippen MR) is 149 cm³/mol. The third kappa shape index (κ3) is 3.96. The van der Waals surface area contributed by atoms with Crippen LogP contribution in [0.1, 0.15) is 41.7 Å². The second kappa shape index (κ2) is 8.50. The molecule has 0 radical (unpaired) electrons. The Kier molecular flexibility index (Phi) is 5.29. The molecule has 0 saturated carbocycles. The molecule has 35 heavy (non-hydrogen) atoms. The van der Waals surface area contributed by atoms with E-state index in [0.29, 0.717) is 5.92 Å². The molecule has 1 aromatic heterocycles. The highest BCUT2D eigenvalue weighted by atomic mass is 14.7. The van der Waals surface area contributed by atoms with Gasteiger partial charge in [-0.2, -0.15) is 0 Å². The summed E-state index contributed by atoms with van der Waals surface area (Å²) in [5, 5.41) is 2.51. The van der Waals surface area contributed by atoms with Crippen molar-refractivity contribution in [2.45, 2.75) is 40.5 Å². The summed E-state index contributed by atoms with van der Waals surface area (Å²) in [6.45, 7) is 8.91. The largest absolute Gasteiger partial charge is 0.247 e. The molecule has 5 aromatic rings. The van der Waals surface area contributed by atoms with Crippen LogP contribution in [0.5, 0.6) is 0 Å². The number of rotatable bonds is 4. The summed E-state index contributed by atoms with van der Waals surface area (Å²) in [6.07, 6.45) is 2.05. The Labute approximate surface area is 208 Å². The van der Waals surface area contributed by atoms with E-state index in [0.717, 1.165) is 24.2 Å². The first-order valence-corrected chi connectivity index (χ1v) is 12.7. The lowest BCUT2D eigenvalue weighted by Gasteiger charge is -2.16. The van der Waals surface area contributed by atoms with Crippen LogP contribution in [-0.2, 0) is 12.8 Å². The second-order valence-electron chi connectivity index (χ2n) is 10.5. The molecule has 0 N–H and O–H groups in total. The van der Waals surface area contributed by atoms with Crippen molar-refractivity contribution in [3.8, 4) is 33.6 Å². The van der Waals surface area contributed by atoms with E-state index in [1.807, 2.05) is 0 Å². The molecule has 1 aliphatic rings. The molecule has 0 amide bonds. The van der Waals surface area contributed by atoms with E-state index in [1.54, 1.807) is 0 Å². The van der Waals surface area contributed by atoms with E-state index >= 15 is 0 Å².